The molecule has 4 heteroatoms. The summed E-state index contributed by atoms with van der Waals surface area (Å²) in [6, 6.07) is 8.05. The van der Waals surface area contributed by atoms with E-state index in [2.05, 4.69) is 32.2 Å². The van der Waals surface area contributed by atoms with Crippen LogP contribution >= 0.6 is 0 Å². The summed E-state index contributed by atoms with van der Waals surface area (Å²) in [5, 5.41) is 2.90. The molecule has 0 spiro atoms. The van der Waals surface area contributed by atoms with Crippen LogP contribution in [0.3, 0.4) is 0 Å². The summed E-state index contributed by atoms with van der Waals surface area (Å²) < 4.78 is 5.85. The molecule has 0 bridgehead atoms. The van der Waals surface area contributed by atoms with Gasteiger partial charge in [0.25, 0.3) is 0 Å². The van der Waals surface area contributed by atoms with Crippen LogP contribution in [-0.2, 0) is 10.2 Å². The van der Waals surface area contributed by atoms with Gasteiger partial charge in [-0.15, -0.1) is 0 Å². The van der Waals surface area contributed by atoms with Gasteiger partial charge in [-0.1, -0.05) is 51.8 Å². The lowest BCUT2D eigenvalue weighted by atomic mass is 9.86. The average Bonchev–Trinajstić information content (AvgIpc) is 2.91. The quantitative estimate of drug-likeness (QED) is 0.822. The Bertz CT molecular complexity index is 514. The molecule has 0 aliphatic heterocycles. The Morgan fingerprint density at radius 3 is 2.55 bits per heavy atom. The highest BCUT2D eigenvalue weighted by Gasteiger charge is 2.36. The number of carbonyl (C=O) groups is 1. The van der Waals surface area contributed by atoms with E-state index in [1.54, 1.807) is 0 Å². The van der Waals surface area contributed by atoms with E-state index in [-0.39, 0.29) is 11.3 Å². The van der Waals surface area contributed by atoms with Gasteiger partial charge >= 0.3 is 0 Å². The SMILES string of the molecule is CC(C)(C)c1ccccc1OCCNC(=O)C1(N)CCCC1. The number of para-hydroxylation sites is 1. The Kier molecular flexibility index (Phi) is 5.12. The first-order chi connectivity index (χ1) is 10.3. The zero-order chi connectivity index (χ0) is 16.2. The van der Waals surface area contributed by atoms with E-state index in [9.17, 15) is 4.79 Å². The third-order valence-corrected chi connectivity index (χ3v) is 4.29. The summed E-state index contributed by atoms with van der Waals surface area (Å²) in [4.78, 5) is 12.1. The first-order valence-corrected chi connectivity index (χ1v) is 8.12. The number of amides is 1. The van der Waals surface area contributed by atoms with Crippen LogP contribution in [0.5, 0.6) is 5.75 Å². The van der Waals surface area contributed by atoms with Crippen LogP contribution < -0.4 is 15.8 Å². The van der Waals surface area contributed by atoms with Gasteiger partial charge in [-0.25, -0.2) is 0 Å². The summed E-state index contributed by atoms with van der Waals surface area (Å²) in [6.45, 7) is 7.42. The highest BCUT2D eigenvalue weighted by Crippen LogP contribution is 2.31. The van der Waals surface area contributed by atoms with Crippen molar-refractivity contribution in [3.8, 4) is 5.75 Å². The number of hydrogen-bond donors (Lipinski definition) is 2. The highest BCUT2D eigenvalue weighted by molar-refractivity contribution is 5.86. The fourth-order valence-corrected chi connectivity index (χ4v) is 2.95. The van der Waals surface area contributed by atoms with Gasteiger partial charge < -0.3 is 15.8 Å². The Morgan fingerprint density at radius 1 is 1.27 bits per heavy atom. The zero-order valence-electron chi connectivity index (χ0n) is 13.9. The molecule has 1 aliphatic rings. The Morgan fingerprint density at radius 2 is 1.91 bits per heavy atom. The predicted molar refractivity (Wildman–Crippen MR) is 89.0 cm³/mol. The molecular weight excluding hydrogens is 276 g/mol. The lowest BCUT2D eigenvalue weighted by Gasteiger charge is -2.24. The largest absolute Gasteiger partial charge is 0.491 e. The summed E-state index contributed by atoms with van der Waals surface area (Å²) >= 11 is 0. The number of nitrogens with one attached hydrogen (secondary N) is 1. The van der Waals surface area contributed by atoms with Gasteiger partial charge in [0, 0.05) is 0 Å². The van der Waals surface area contributed by atoms with Gasteiger partial charge in [0.15, 0.2) is 0 Å². The monoisotopic (exact) mass is 304 g/mol. The lowest BCUT2D eigenvalue weighted by Crippen LogP contribution is -2.52. The number of rotatable bonds is 5. The molecular formula is C18H28N2O2. The van der Waals surface area contributed by atoms with Crippen LogP contribution in [0, 0.1) is 0 Å². The molecule has 122 valence electrons. The van der Waals surface area contributed by atoms with Gasteiger partial charge in [0.1, 0.15) is 12.4 Å². The second kappa shape index (κ2) is 6.69. The van der Waals surface area contributed by atoms with E-state index in [1.807, 2.05) is 18.2 Å². The third-order valence-electron chi connectivity index (χ3n) is 4.29. The average molecular weight is 304 g/mol. The summed E-state index contributed by atoms with van der Waals surface area (Å²) in [5.74, 6) is 0.838. The van der Waals surface area contributed by atoms with Gasteiger partial charge in [0.2, 0.25) is 5.91 Å². The molecule has 2 rings (SSSR count). The van der Waals surface area contributed by atoms with Crippen LogP contribution in [0.25, 0.3) is 0 Å². The van der Waals surface area contributed by atoms with Crippen molar-refractivity contribution >= 4 is 5.91 Å². The Labute approximate surface area is 133 Å². The molecule has 0 unspecified atom stereocenters. The van der Waals surface area contributed by atoms with Crippen LogP contribution in [0.4, 0.5) is 0 Å². The Balaban J connectivity index is 1.83. The van der Waals surface area contributed by atoms with E-state index in [0.29, 0.717) is 13.2 Å². The molecule has 1 aliphatic carbocycles. The molecule has 22 heavy (non-hydrogen) atoms. The van der Waals surface area contributed by atoms with E-state index >= 15 is 0 Å². The number of benzene rings is 1. The van der Waals surface area contributed by atoms with Gasteiger partial charge in [0.05, 0.1) is 12.1 Å². The van der Waals surface area contributed by atoms with Gasteiger partial charge in [-0.3, -0.25) is 4.79 Å². The first kappa shape index (κ1) is 16.8. The van der Waals surface area contributed by atoms with Crippen molar-refractivity contribution in [1.82, 2.24) is 5.32 Å². The molecule has 0 atom stereocenters. The smallest absolute Gasteiger partial charge is 0.240 e. The normalized spacial score (nSPS) is 17.3. The summed E-state index contributed by atoms with van der Waals surface area (Å²) in [5.41, 5.74) is 6.67. The van der Waals surface area contributed by atoms with Crippen LogP contribution in [0.1, 0.15) is 52.0 Å². The van der Waals surface area contributed by atoms with E-state index in [4.69, 9.17) is 10.5 Å². The summed E-state index contributed by atoms with van der Waals surface area (Å²) in [7, 11) is 0. The fraction of sp³-hybridized carbons (Fsp3) is 0.611. The number of hydrogen-bond acceptors (Lipinski definition) is 3. The molecule has 0 heterocycles. The van der Waals surface area contributed by atoms with Crippen molar-refractivity contribution in [2.24, 2.45) is 5.73 Å². The van der Waals surface area contributed by atoms with Crippen molar-refractivity contribution in [3.05, 3.63) is 29.8 Å². The Hall–Kier alpha value is -1.55. The third kappa shape index (κ3) is 4.01. The minimum absolute atomic E-state index is 0.0327. The second-order valence-corrected chi connectivity index (χ2v) is 7.21. The predicted octanol–water partition coefficient (Wildman–Crippen LogP) is 2.75. The standard InChI is InChI=1S/C18H28N2O2/c1-17(2,3)14-8-4-5-9-15(14)22-13-12-20-16(21)18(19)10-6-7-11-18/h4-5,8-9H,6-7,10-13,19H2,1-3H3,(H,20,21). The van der Waals surface area contributed by atoms with E-state index < -0.39 is 5.54 Å². The molecule has 1 saturated carbocycles. The van der Waals surface area contributed by atoms with Gasteiger partial charge in [-0.2, -0.15) is 0 Å². The second-order valence-electron chi connectivity index (χ2n) is 7.21. The van der Waals surface area contributed by atoms with Crippen molar-refractivity contribution in [1.29, 1.82) is 0 Å². The number of carbonyl (C=O) groups excluding carboxylic acids is 1. The molecule has 4 nitrogen and oxygen atoms in total. The lowest BCUT2D eigenvalue weighted by molar-refractivity contribution is -0.126. The van der Waals surface area contributed by atoms with Crippen LogP contribution in [0.15, 0.2) is 24.3 Å². The maximum absolute atomic E-state index is 12.1. The zero-order valence-corrected chi connectivity index (χ0v) is 13.9. The maximum atomic E-state index is 12.1. The molecule has 0 aromatic heterocycles. The number of nitrogens with two attached hydrogens (primary N) is 1. The highest BCUT2D eigenvalue weighted by atomic mass is 16.5. The van der Waals surface area contributed by atoms with Crippen molar-refractivity contribution in [2.45, 2.75) is 57.4 Å². The molecule has 1 aromatic rings. The topological polar surface area (TPSA) is 64.3 Å². The minimum Gasteiger partial charge on any atom is -0.491 e. The first-order valence-electron chi connectivity index (χ1n) is 8.12. The van der Waals surface area contributed by atoms with E-state index in [0.717, 1.165) is 31.4 Å². The molecule has 3 N–H and O–H groups in total. The molecule has 0 saturated heterocycles. The van der Waals surface area contributed by atoms with Crippen LogP contribution in [0.2, 0.25) is 0 Å². The van der Waals surface area contributed by atoms with Gasteiger partial charge in [-0.05, 0) is 29.9 Å². The molecule has 1 aromatic carbocycles. The number of ether oxygens (including phenoxy) is 1. The molecule has 1 amide bonds. The van der Waals surface area contributed by atoms with Crippen LogP contribution in [-0.4, -0.2) is 24.6 Å². The maximum Gasteiger partial charge on any atom is 0.240 e. The van der Waals surface area contributed by atoms with Crippen molar-refractivity contribution in [3.63, 3.8) is 0 Å². The summed E-state index contributed by atoms with van der Waals surface area (Å²) in [6.07, 6.45) is 3.65. The minimum atomic E-state index is -0.663. The van der Waals surface area contributed by atoms with Crippen molar-refractivity contribution < 1.29 is 9.53 Å². The molecule has 1 fully saturated rings. The fourth-order valence-electron chi connectivity index (χ4n) is 2.95. The molecule has 0 radical (unpaired) electrons. The van der Waals surface area contributed by atoms with Crippen molar-refractivity contribution in [2.75, 3.05) is 13.2 Å². The van der Waals surface area contributed by atoms with E-state index in [1.165, 1.54) is 5.56 Å².